The van der Waals surface area contributed by atoms with Gasteiger partial charge in [-0.3, -0.25) is 0 Å². The molecule has 34 valence electrons. The molecule has 0 spiro atoms. The van der Waals surface area contributed by atoms with Crippen LogP contribution in [0.15, 0.2) is 0 Å². The van der Waals surface area contributed by atoms with E-state index in [1.54, 1.807) is 20.1 Å². The van der Waals surface area contributed by atoms with Crippen LogP contribution in [0.1, 0.15) is 13.8 Å². The molecule has 0 aromatic heterocycles. The molecule has 6 heavy (non-hydrogen) atoms. The normalized spacial score (nSPS) is 10.5. The molecule has 0 rings (SSSR count). The average molecular weight is 150 g/mol. The van der Waals surface area contributed by atoms with E-state index in [0.29, 0.717) is 0 Å². The molecule has 0 saturated heterocycles. The highest BCUT2D eigenvalue weighted by Crippen LogP contribution is 2.09. The first-order valence-corrected chi connectivity index (χ1v) is 2.44. The van der Waals surface area contributed by atoms with Gasteiger partial charge in [0.15, 0.2) is 0 Å². The molecule has 0 radical (unpaired) electrons. The van der Waals surface area contributed by atoms with Crippen LogP contribution in [0, 0.1) is 0 Å². The van der Waals surface area contributed by atoms with Crippen LogP contribution in [0.25, 0.3) is 0 Å². The Hall–Kier alpha value is 0.0600. The standard InChI is InChI=1S/C4H6BrO/c1-4(2,5)3-6/h1-2H3/q+1. The van der Waals surface area contributed by atoms with Crippen LogP contribution < -0.4 is 0 Å². The summed E-state index contributed by atoms with van der Waals surface area (Å²) in [7, 11) is 0. The monoisotopic (exact) mass is 149 g/mol. The largest absolute Gasteiger partial charge is 0.524 e. The minimum absolute atomic E-state index is 0.451. The van der Waals surface area contributed by atoms with Gasteiger partial charge in [-0.05, 0) is 15.9 Å². The Kier molecular flexibility index (Phi) is 1.69. The lowest BCUT2D eigenvalue weighted by Crippen LogP contribution is -2.09. The lowest BCUT2D eigenvalue weighted by Gasteiger charge is -1.83. The van der Waals surface area contributed by atoms with E-state index in [9.17, 15) is 4.79 Å². The van der Waals surface area contributed by atoms with Crippen LogP contribution in [0.2, 0.25) is 0 Å². The third-order valence-corrected chi connectivity index (χ3v) is 0.405. The number of alkyl halides is 1. The summed E-state index contributed by atoms with van der Waals surface area (Å²) in [4.78, 5) is 9.65. The van der Waals surface area contributed by atoms with Crippen LogP contribution >= 0.6 is 15.9 Å². The molecule has 0 aromatic carbocycles. The van der Waals surface area contributed by atoms with Gasteiger partial charge < -0.3 is 0 Å². The molecule has 0 unspecified atom stereocenters. The van der Waals surface area contributed by atoms with Gasteiger partial charge in [0.05, 0.1) is 0 Å². The van der Waals surface area contributed by atoms with Crippen LogP contribution in [0.5, 0.6) is 0 Å². The Balaban J connectivity index is 3.45. The summed E-state index contributed by atoms with van der Waals surface area (Å²) in [6.07, 6.45) is 1.77. The van der Waals surface area contributed by atoms with Gasteiger partial charge in [-0.1, -0.05) is 0 Å². The highest BCUT2D eigenvalue weighted by atomic mass is 79.9. The molecule has 0 amide bonds. The SMILES string of the molecule is CC(C)(Br)[C+]=O. The van der Waals surface area contributed by atoms with E-state index in [-0.39, 0.29) is 0 Å². The van der Waals surface area contributed by atoms with E-state index >= 15 is 0 Å². The average Bonchev–Trinajstić information content (AvgIpc) is 1.35. The smallest absolute Gasteiger partial charge is 0.0151 e. The van der Waals surface area contributed by atoms with E-state index in [0.717, 1.165) is 0 Å². The van der Waals surface area contributed by atoms with Crippen molar-refractivity contribution in [2.24, 2.45) is 0 Å². The lowest BCUT2D eigenvalue weighted by atomic mass is 10.3. The predicted octanol–water partition coefficient (Wildman–Crippen LogP) is 1.27. The summed E-state index contributed by atoms with van der Waals surface area (Å²) in [5.74, 6) is 0. The summed E-state index contributed by atoms with van der Waals surface area (Å²) in [6.45, 7) is 3.47. The molecule has 0 bridgehead atoms. The van der Waals surface area contributed by atoms with Crippen molar-refractivity contribution in [2.75, 3.05) is 0 Å². The Morgan fingerprint density at radius 3 is 1.83 bits per heavy atom. The third kappa shape index (κ3) is 4.06. The molecule has 0 saturated carbocycles. The first-order chi connectivity index (χ1) is 2.56. The predicted molar refractivity (Wildman–Crippen MR) is 28.7 cm³/mol. The molecule has 0 atom stereocenters. The van der Waals surface area contributed by atoms with Crippen molar-refractivity contribution in [3.8, 4) is 0 Å². The molecule has 0 heterocycles. The fraction of sp³-hybridized carbons (Fsp3) is 0.750. The highest BCUT2D eigenvalue weighted by Gasteiger charge is 2.27. The van der Waals surface area contributed by atoms with Crippen molar-refractivity contribution in [1.29, 1.82) is 0 Å². The zero-order valence-corrected chi connectivity index (χ0v) is 5.37. The van der Waals surface area contributed by atoms with E-state index in [4.69, 9.17) is 0 Å². The number of hydrogen-bond donors (Lipinski definition) is 0. The van der Waals surface area contributed by atoms with Gasteiger partial charge in [0.1, 0.15) is 0 Å². The lowest BCUT2D eigenvalue weighted by molar-refractivity contribution is 0.544. The molecule has 0 aliphatic rings. The number of halogens is 1. The van der Waals surface area contributed by atoms with E-state index in [2.05, 4.69) is 15.9 Å². The zero-order chi connectivity index (χ0) is 5.21. The zero-order valence-electron chi connectivity index (χ0n) is 3.79. The molecule has 0 N–H and O–H groups in total. The quantitative estimate of drug-likeness (QED) is 0.406. The van der Waals surface area contributed by atoms with E-state index in [1.165, 1.54) is 0 Å². The van der Waals surface area contributed by atoms with Crippen molar-refractivity contribution in [3.05, 3.63) is 0 Å². The van der Waals surface area contributed by atoms with Crippen molar-refractivity contribution < 1.29 is 4.79 Å². The van der Waals surface area contributed by atoms with Crippen LogP contribution in [-0.2, 0) is 4.79 Å². The second-order valence-electron chi connectivity index (χ2n) is 1.57. The van der Waals surface area contributed by atoms with Gasteiger partial charge in [-0.2, -0.15) is 0 Å². The summed E-state index contributed by atoms with van der Waals surface area (Å²) in [5.41, 5.74) is 0. The van der Waals surface area contributed by atoms with Crippen molar-refractivity contribution in [3.63, 3.8) is 0 Å². The Morgan fingerprint density at radius 2 is 1.83 bits per heavy atom. The minimum atomic E-state index is -0.451. The number of hydrogen-bond acceptors (Lipinski definition) is 1. The minimum Gasteiger partial charge on any atom is -0.0151 e. The first-order valence-electron chi connectivity index (χ1n) is 1.64. The Morgan fingerprint density at radius 1 is 1.67 bits per heavy atom. The van der Waals surface area contributed by atoms with Crippen LogP contribution in [0.4, 0.5) is 0 Å². The van der Waals surface area contributed by atoms with Crippen molar-refractivity contribution in [1.82, 2.24) is 0 Å². The molecule has 1 nitrogen and oxygen atoms in total. The molecule has 0 fully saturated rings. The molecule has 0 aliphatic carbocycles. The van der Waals surface area contributed by atoms with Crippen molar-refractivity contribution >= 4 is 22.2 Å². The fourth-order valence-electron chi connectivity index (χ4n) is 0. The van der Waals surface area contributed by atoms with Gasteiger partial charge in [0.25, 0.3) is 4.32 Å². The number of rotatable bonds is 1. The molecular formula is C4H6BrO+. The van der Waals surface area contributed by atoms with Gasteiger partial charge in [0.2, 0.25) is 0 Å². The summed E-state index contributed by atoms with van der Waals surface area (Å²) >= 11 is 3.05. The Labute approximate surface area is 45.9 Å². The summed E-state index contributed by atoms with van der Waals surface area (Å²) in [6, 6.07) is 0. The maximum atomic E-state index is 9.65. The number of carbonyl (C=O) groups excluding carboxylic acids is 1. The van der Waals surface area contributed by atoms with Crippen LogP contribution in [0.3, 0.4) is 0 Å². The van der Waals surface area contributed by atoms with Gasteiger partial charge in [0, 0.05) is 18.6 Å². The topological polar surface area (TPSA) is 17.1 Å². The fourth-order valence-corrected chi connectivity index (χ4v) is 0. The maximum Gasteiger partial charge on any atom is 0.524 e. The molecule has 0 aliphatic heterocycles. The van der Waals surface area contributed by atoms with Crippen LogP contribution in [-0.4, -0.2) is 10.6 Å². The maximum absolute atomic E-state index is 9.65. The first kappa shape index (κ1) is 6.06. The van der Waals surface area contributed by atoms with Gasteiger partial charge >= 0.3 is 6.29 Å². The second kappa shape index (κ2) is 1.67. The molecular weight excluding hydrogens is 144 g/mol. The molecule has 0 aromatic rings. The molecule has 2 heteroatoms. The van der Waals surface area contributed by atoms with E-state index < -0.39 is 4.32 Å². The van der Waals surface area contributed by atoms with Crippen molar-refractivity contribution in [2.45, 2.75) is 18.2 Å². The summed E-state index contributed by atoms with van der Waals surface area (Å²) < 4.78 is -0.451. The highest BCUT2D eigenvalue weighted by molar-refractivity contribution is 9.10. The van der Waals surface area contributed by atoms with E-state index in [1.807, 2.05) is 0 Å². The second-order valence-corrected chi connectivity index (χ2v) is 3.56. The Bertz CT molecular complexity index is 53.1. The third-order valence-electron chi connectivity index (χ3n) is 0.243. The summed E-state index contributed by atoms with van der Waals surface area (Å²) in [5, 5.41) is 0. The van der Waals surface area contributed by atoms with Gasteiger partial charge in [-0.15, -0.1) is 0 Å². The van der Waals surface area contributed by atoms with Gasteiger partial charge in [-0.25, -0.2) is 0 Å².